The zero-order chi connectivity index (χ0) is 29.4. The van der Waals surface area contributed by atoms with E-state index in [2.05, 4.69) is 47.7 Å². The number of hydrogen-bond acceptors (Lipinski definition) is 8. The summed E-state index contributed by atoms with van der Waals surface area (Å²) < 4.78 is 11.6. The van der Waals surface area contributed by atoms with Crippen LogP contribution in [-0.4, -0.2) is 28.9 Å². The molecule has 0 saturated heterocycles. The Balaban J connectivity index is 1.42. The van der Waals surface area contributed by atoms with Crippen LogP contribution < -0.4 is 15.5 Å². The van der Waals surface area contributed by atoms with E-state index < -0.39 is 22.7 Å². The Morgan fingerprint density at radius 3 is 2.46 bits per heavy atom. The maximum atomic E-state index is 12.7. The largest absolute Gasteiger partial charge is 0.459 e. The number of amides is 2. The summed E-state index contributed by atoms with van der Waals surface area (Å²) in [5, 5.41) is 17.4. The molecular formula is C28H18Br2N4O7. The Labute approximate surface area is 249 Å². The summed E-state index contributed by atoms with van der Waals surface area (Å²) in [5.74, 6) is -1.45. The molecule has 3 aromatic carbocycles. The Morgan fingerprint density at radius 2 is 1.76 bits per heavy atom. The fourth-order valence-corrected chi connectivity index (χ4v) is 4.69. The Kier molecular flexibility index (Phi) is 9.55. The molecule has 4 rings (SSSR count). The number of hydrazone groups is 1. The third-order valence-electron chi connectivity index (χ3n) is 5.25. The lowest BCUT2D eigenvalue weighted by Crippen LogP contribution is -2.18. The molecule has 0 unspecified atom stereocenters. The van der Waals surface area contributed by atoms with Crippen LogP contribution in [0.4, 0.5) is 11.4 Å². The van der Waals surface area contributed by atoms with Crippen LogP contribution in [0.25, 0.3) is 6.08 Å². The first-order valence-electron chi connectivity index (χ1n) is 11.6. The lowest BCUT2D eigenvalue weighted by atomic mass is 10.2. The topological polar surface area (TPSA) is 153 Å². The third-order valence-corrected chi connectivity index (χ3v) is 6.30. The van der Waals surface area contributed by atoms with Gasteiger partial charge in [0.15, 0.2) is 11.5 Å². The highest BCUT2D eigenvalue weighted by Gasteiger charge is 2.14. The first kappa shape index (κ1) is 29.1. The molecule has 2 amide bonds. The zero-order valence-electron chi connectivity index (χ0n) is 20.7. The van der Waals surface area contributed by atoms with Gasteiger partial charge >= 0.3 is 5.97 Å². The molecule has 0 bridgehead atoms. The number of benzene rings is 3. The van der Waals surface area contributed by atoms with Crippen LogP contribution in [0.5, 0.6) is 5.75 Å². The van der Waals surface area contributed by atoms with E-state index >= 15 is 0 Å². The van der Waals surface area contributed by atoms with Gasteiger partial charge in [-0.1, -0.05) is 22.0 Å². The predicted octanol–water partition coefficient (Wildman–Crippen LogP) is 6.35. The smallest absolute Gasteiger partial charge is 0.336 e. The molecule has 11 nitrogen and oxygen atoms in total. The van der Waals surface area contributed by atoms with Crippen LogP contribution in [0.2, 0.25) is 0 Å². The van der Waals surface area contributed by atoms with Crippen molar-refractivity contribution in [3.63, 3.8) is 0 Å². The number of nitro groups is 1. The third kappa shape index (κ3) is 8.06. The molecule has 4 aromatic rings. The molecular weight excluding hydrogens is 664 g/mol. The van der Waals surface area contributed by atoms with E-state index in [0.29, 0.717) is 25.8 Å². The number of furan rings is 1. The average molecular weight is 682 g/mol. The molecule has 0 aliphatic rings. The number of anilines is 1. The molecule has 0 saturated carbocycles. The highest BCUT2D eigenvalue weighted by Crippen LogP contribution is 2.32. The van der Waals surface area contributed by atoms with Crippen molar-refractivity contribution in [1.82, 2.24) is 5.43 Å². The van der Waals surface area contributed by atoms with Gasteiger partial charge in [-0.25, -0.2) is 10.2 Å². The normalized spacial score (nSPS) is 11.0. The van der Waals surface area contributed by atoms with Gasteiger partial charge in [0.1, 0.15) is 0 Å². The van der Waals surface area contributed by atoms with Crippen molar-refractivity contribution < 1.29 is 28.5 Å². The number of nitro benzene ring substituents is 1. The van der Waals surface area contributed by atoms with Crippen LogP contribution >= 0.6 is 31.9 Å². The lowest BCUT2D eigenvalue weighted by molar-refractivity contribution is -0.384. The highest BCUT2D eigenvalue weighted by atomic mass is 79.9. The number of hydrogen-bond donors (Lipinski definition) is 2. The van der Waals surface area contributed by atoms with Gasteiger partial charge in [0.2, 0.25) is 0 Å². The minimum absolute atomic E-state index is 0.0657. The average Bonchev–Trinajstić information content (AvgIpc) is 3.49. The van der Waals surface area contributed by atoms with E-state index in [0.717, 1.165) is 0 Å². The number of carbonyl (C=O) groups is 3. The minimum Gasteiger partial charge on any atom is -0.459 e. The van der Waals surface area contributed by atoms with Gasteiger partial charge in [0.25, 0.3) is 17.5 Å². The molecule has 0 aliphatic heterocycles. The molecule has 1 aromatic heterocycles. The van der Waals surface area contributed by atoms with Crippen LogP contribution in [-0.2, 0) is 4.79 Å². The van der Waals surface area contributed by atoms with Gasteiger partial charge in [0.05, 0.1) is 21.9 Å². The van der Waals surface area contributed by atoms with E-state index in [1.54, 1.807) is 36.4 Å². The first-order chi connectivity index (χ1) is 19.7. The number of carbonyl (C=O) groups excluding carboxylic acids is 3. The second-order valence-electron chi connectivity index (χ2n) is 8.12. The number of nitrogens with one attached hydrogen (secondary N) is 2. The van der Waals surface area contributed by atoms with Crippen molar-refractivity contribution in [2.24, 2.45) is 5.10 Å². The molecule has 41 heavy (non-hydrogen) atoms. The summed E-state index contributed by atoms with van der Waals surface area (Å²) in [5.41, 5.74) is 3.88. The maximum Gasteiger partial charge on any atom is 0.336 e. The molecule has 0 aliphatic carbocycles. The van der Waals surface area contributed by atoms with E-state index in [1.807, 2.05) is 0 Å². The first-order valence-corrected chi connectivity index (χ1v) is 13.2. The van der Waals surface area contributed by atoms with Crippen LogP contribution in [0.3, 0.4) is 0 Å². The second-order valence-corrected chi connectivity index (χ2v) is 9.89. The molecule has 0 radical (unpaired) electrons. The van der Waals surface area contributed by atoms with Gasteiger partial charge in [0, 0.05) is 39.5 Å². The van der Waals surface area contributed by atoms with Crippen molar-refractivity contribution >= 4 is 73.3 Å². The molecule has 206 valence electrons. The summed E-state index contributed by atoms with van der Waals surface area (Å²) in [6.07, 6.45) is 5.32. The summed E-state index contributed by atoms with van der Waals surface area (Å²) in [6, 6.07) is 18.3. The molecule has 0 fully saturated rings. The van der Waals surface area contributed by atoms with Gasteiger partial charge in [-0.3, -0.25) is 19.7 Å². The summed E-state index contributed by atoms with van der Waals surface area (Å²) in [4.78, 5) is 47.6. The molecule has 13 heteroatoms. The van der Waals surface area contributed by atoms with Crippen LogP contribution in [0.15, 0.2) is 104 Å². The molecule has 1 heterocycles. The van der Waals surface area contributed by atoms with E-state index in [1.165, 1.54) is 61.0 Å². The minimum atomic E-state index is -0.710. The van der Waals surface area contributed by atoms with Crippen molar-refractivity contribution in [3.8, 4) is 5.75 Å². The van der Waals surface area contributed by atoms with Gasteiger partial charge < -0.3 is 14.5 Å². The summed E-state index contributed by atoms with van der Waals surface area (Å²) >= 11 is 6.73. The van der Waals surface area contributed by atoms with Crippen LogP contribution in [0.1, 0.15) is 32.0 Å². The van der Waals surface area contributed by atoms with E-state index in [9.17, 15) is 24.5 Å². The van der Waals surface area contributed by atoms with Crippen molar-refractivity contribution in [1.29, 1.82) is 0 Å². The Bertz CT molecular complexity index is 1670. The Hall–Kier alpha value is -4.88. The zero-order valence-corrected chi connectivity index (χ0v) is 23.9. The number of nitrogens with zero attached hydrogens (tertiary/aromatic N) is 2. The summed E-state index contributed by atoms with van der Waals surface area (Å²) in [6.45, 7) is 0. The number of rotatable bonds is 9. The van der Waals surface area contributed by atoms with Crippen molar-refractivity contribution in [2.45, 2.75) is 0 Å². The van der Waals surface area contributed by atoms with Crippen LogP contribution in [0, 0.1) is 10.1 Å². The van der Waals surface area contributed by atoms with Gasteiger partial charge in [-0.2, -0.15) is 5.10 Å². The number of ether oxygens (including phenoxy) is 1. The molecule has 2 N–H and O–H groups in total. The monoisotopic (exact) mass is 680 g/mol. The quantitative estimate of drug-likeness (QED) is 0.0521. The SMILES string of the molecule is O=C(/C=C/c1ccc([N+](=O)[O-])cc1)Oc1c(Br)cc(Br)cc1C=NNC(=O)c1cccc(NC(=O)c2ccco2)c1. The number of non-ortho nitro benzene ring substituents is 1. The van der Waals surface area contributed by atoms with E-state index in [-0.39, 0.29) is 22.8 Å². The fourth-order valence-electron chi connectivity index (χ4n) is 3.35. The van der Waals surface area contributed by atoms with Crippen molar-refractivity contribution in [2.75, 3.05) is 5.32 Å². The highest BCUT2D eigenvalue weighted by molar-refractivity contribution is 9.11. The number of esters is 1. The lowest BCUT2D eigenvalue weighted by Gasteiger charge is -2.09. The number of halogens is 2. The maximum absolute atomic E-state index is 12.7. The molecule has 0 atom stereocenters. The van der Waals surface area contributed by atoms with Gasteiger partial charge in [-0.15, -0.1) is 0 Å². The molecule has 0 spiro atoms. The summed E-state index contributed by atoms with van der Waals surface area (Å²) in [7, 11) is 0. The van der Waals surface area contributed by atoms with Gasteiger partial charge in [-0.05, 0) is 82.2 Å². The van der Waals surface area contributed by atoms with E-state index in [4.69, 9.17) is 9.15 Å². The Morgan fingerprint density at radius 1 is 0.976 bits per heavy atom. The second kappa shape index (κ2) is 13.5. The fraction of sp³-hybridized carbons (Fsp3) is 0. The standard InChI is InChI=1S/C28H18Br2N4O7/c29-20-13-19(26(23(30)15-20)41-25(35)11-8-17-6-9-22(10-7-17)34(38)39)16-31-33-27(36)18-3-1-4-21(14-18)32-28(37)24-5-2-12-40-24/h1-16H,(H,32,37)(H,33,36)/b11-8+,31-16?. The predicted molar refractivity (Wildman–Crippen MR) is 158 cm³/mol. The van der Waals surface area contributed by atoms with Crippen molar-refractivity contribution in [3.05, 3.63) is 127 Å².